The monoisotopic (exact) mass is 548 g/mol. The van der Waals surface area contributed by atoms with Gasteiger partial charge in [0, 0.05) is 13.1 Å². The smallest absolute Gasteiger partial charge is 0.340 e. The van der Waals surface area contributed by atoms with E-state index in [9.17, 15) is 9.59 Å². The Morgan fingerprint density at radius 3 is 2.42 bits per heavy atom. The molecule has 0 aliphatic rings. The van der Waals surface area contributed by atoms with Gasteiger partial charge in [-0.25, -0.2) is 4.79 Å². The SMILES string of the molecule is CCCCCCN(C(=O)COCc1ccccc1)c1cc(C/C=C(\C)CCC=C(C)C)ccc1C(=O)OCCN. The maximum atomic E-state index is 13.5. The van der Waals surface area contributed by atoms with Crippen molar-refractivity contribution in [2.24, 2.45) is 5.73 Å². The van der Waals surface area contributed by atoms with Crippen LogP contribution in [-0.2, 0) is 27.3 Å². The number of esters is 1. The number of benzene rings is 2. The number of unbranched alkanes of at least 4 members (excludes halogenated alkanes) is 3. The lowest BCUT2D eigenvalue weighted by molar-refractivity contribution is -0.123. The molecule has 0 atom stereocenters. The molecular formula is C34H48N2O4. The van der Waals surface area contributed by atoms with E-state index in [0.29, 0.717) is 30.8 Å². The fourth-order valence-corrected chi connectivity index (χ4v) is 4.30. The first-order chi connectivity index (χ1) is 19.3. The van der Waals surface area contributed by atoms with Gasteiger partial charge in [0.1, 0.15) is 13.2 Å². The minimum Gasteiger partial charge on any atom is -0.461 e. The number of carbonyl (C=O) groups excluding carboxylic acids is 2. The van der Waals surface area contributed by atoms with E-state index in [1.165, 1.54) is 11.1 Å². The number of carbonyl (C=O) groups is 2. The van der Waals surface area contributed by atoms with Crippen LogP contribution in [-0.4, -0.2) is 38.2 Å². The van der Waals surface area contributed by atoms with E-state index in [-0.39, 0.29) is 25.7 Å². The summed E-state index contributed by atoms with van der Waals surface area (Å²) in [6.45, 7) is 9.67. The first kappa shape index (κ1) is 33.0. The number of hydrogen-bond donors (Lipinski definition) is 1. The van der Waals surface area contributed by atoms with Crippen molar-refractivity contribution >= 4 is 17.6 Å². The zero-order valence-corrected chi connectivity index (χ0v) is 24.9. The molecule has 0 heterocycles. The summed E-state index contributed by atoms with van der Waals surface area (Å²) in [6.07, 6.45) is 11.2. The van der Waals surface area contributed by atoms with Crippen LogP contribution >= 0.6 is 0 Å². The lowest BCUT2D eigenvalue weighted by Gasteiger charge is -2.26. The van der Waals surface area contributed by atoms with Crippen LogP contribution in [0.15, 0.2) is 71.8 Å². The highest BCUT2D eigenvalue weighted by molar-refractivity contribution is 6.03. The van der Waals surface area contributed by atoms with Crippen LogP contribution < -0.4 is 10.6 Å². The summed E-state index contributed by atoms with van der Waals surface area (Å²) in [5, 5.41) is 0. The molecule has 2 N–H and O–H groups in total. The lowest BCUT2D eigenvalue weighted by atomic mass is 10.0. The van der Waals surface area contributed by atoms with Crippen LogP contribution in [0.25, 0.3) is 0 Å². The van der Waals surface area contributed by atoms with Gasteiger partial charge >= 0.3 is 5.97 Å². The first-order valence-corrected chi connectivity index (χ1v) is 14.6. The number of hydrogen-bond acceptors (Lipinski definition) is 5. The molecule has 0 spiro atoms. The van der Waals surface area contributed by atoms with Gasteiger partial charge < -0.3 is 20.1 Å². The van der Waals surface area contributed by atoms with Crippen molar-refractivity contribution in [2.45, 2.75) is 79.2 Å². The second-order valence-electron chi connectivity index (χ2n) is 10.4. The molecule has 40 heavy (non-hydrogen) atoms. The normalized spacial score (nSPS) is 11.3. The highest BCUT2D eigenvalue weighted by Crippen LogP contribution is 2.26. The highest BCUT2D eigenvalue weighted by atomic mass is 16.5. The summed E-state index contributed by atoms with van der Waals surface area (Å²) in [6, 6.07) is 15.4. The lowest BCUT2D eigenvalue weighted by Crippen LogP contribution is -2.36. The standard InChI is InChI=1S/C34H48N2O4/c1-5-6-7-11-22-36(33(37)26-39-25-30-15-9-8-10-16-30)32-24-29(18-17-28(4)14-12-13-27(2)3)19-20-31(32)34(38)40-23-21-35/h8-10,13,15-17,19-20,24H,5-7,11-12,14,18,21-23,25-26,35H2,1-4H3/b28-17+. The summed E-state index contributed by atoms with van der Waals surface area (Å²) < 4.78 is 11.2. The maximum Gasteiger partial charge on any atom is 0.340 e. The molecule has 6 heteroatoms. The third kappa shape index (κ3) is 12.3. The quantitative estimate of drug-likeness (QED) is 0.121. The van der Waals surface area contributed by atoms with E-state index in [0.717, 1.165) is 49.7 Å². The van der Waals surface area contributed by atoms with Gasteiger partial charge in [-0.3, -0.25) is 4.79 Å². The second kappa shape index (κ2) is 19.0. The molecule has 0 unspecified atom stereocenters. The fraction of sp³-hybridized carbons (Fsp3) is 0.471. The molecule has 2 aromatic rings. The Kier molecular flexibility index (Phi) is 15.6. The molecule has 0 saturated heterocycles. The van der Waals surface area contributed by atoms with Crippen LogP contribution in [0.4, 0.5) is 5.69 Å². The van der Waals surface area contributed by atoms with Gasteiger partial charge in [0.25, 0.3) is 5.91 Å². The van der Waals surface area contributed by atoms with Crippen LogP contribution in [0.2, 0.25) is 0 Å². The average Bonchev–Trinajstić information content (AvgIpc) is 2.95. The minimum absolute atomic E-state index is 0.0758. The van der Waals surface area contributed by atoms with Crippen molar-refractivity contribution in [3.8, 4) is 0 Å². The third-order valence-electron chi connectivity index (χ3n) is 6.57. The molecule has 0 aliphatic heterocycles. The maximum absolute atomic E-state index is 13.5. The number of anilines is 1. The Bertz CT molecular complexity index is 1100. The summed E-state index contributed by atoms with van der Waals surface area (Å²) in [5.41, 5.74) is 11.2. The molecule has 2 rings (SSSR count). The van der Waals surface area contributed by atoms with Gasteiger partial charge in [-0.15, -0.1) is 0 Å². The Morgan fingerprint density at radius 2 is 1.73 bits per heavy atom. The molecule has 1 amide bonds. The zero-order valence-electron chi connectivity index (χ0n) is 24.9. The van der Waals surface area contributed by atoms with Crippen LogP contribution in [0.3, 0.4) is 0 Å². The van der Waals surface area contributed by atoms with Gasteiger partial charge in [0.15, 0.2) is 0 Å². The van der Waals surface area contributed by atoms with Crippen LogP contribution in [0.1, 0.15) is 87.7 Å². The molecule has 2 aromatic carbocycles. The van der Waals surface area contributed by atoms with E-state index in [1.807, 2.05) is 42.5 Å². The molecule has 0 saturated carbocycles. The number of rotatable bonds is 18. The Morgan fingerprint density at radius 1 is 0.950 bits per heavy atom. The third-order valence-corrected chi connectivity index (χ3v) is 6.57. The van der Waals surface area contributed by atoms with E-state index in [1.54, 1.807) is 11.0 Å². The fourth-order valence-electron chi connectivity index (χ4n) is 4.30. The van der Waals surface area contributed by atoms with Crippen molar-refractivity contribution in [1.82, 2.24) is 0 Å². The number of ether oxygens (including phenoxy) is 2. The number of allylic oxidation sites excluding steroid dienone is 4. The van der Waals surface area contributed by atoms with Gasteiger partial charge in [-0.05, 0) is 69.7 Å². The molecule has 0 radical (unpaired) electrons. The second-order valence-corrected chi connectivity index (χ2v) is 10.4. The average molecular weight is 549 g/mol. The van der Waals surface area contributed by atoms with Crippen molar-refractivity contribution in [3.05, 3.63) is 88.5 Å². The van der Waals surface area contributed by atoms with Gasteiger partial charge in [0.05, 0.1) is 17.9 Å². The molecule has 6 nitrogen and oxygen atoms in total. The van der Waals surface area contributed by atoms with E-state index in [2.05, 4.69) is 39.8 Å². The topological polar surface area (TPSA) is 81.9 Å². The zero-order chi connectivity index (χ0) is 29.2. The number of amides is 1. The Labute approximate surface area is 241 Å². The van der Waals surface area contributed by atoms with Crippen LogP contribution in [0.5, 0.6) is 0 Å². The minimum atomic E-state index is -0.475. The predicted octanol–water partition coefficient (Wildman–Crippen LogP) is 7.17. The molecular weight excluding hydrogens is 500 g/mol. The number of nitrogens with zero attached hydrogens (tertiary/aromatic N) is 1. The first-order valence-electron chi connectivity index (χ1n) is 14.6. The molecule has 0 bridgehead atoms. The summed E-state index contributed by atoms with van der Waals surface area (Å²) in [5.74, 6) is -0.650. The summed E-state index contributed by atoms with van der Waals surface area (Å²) >= 11 is 0. The van der Waals surface area contributed by atoms with E-state index >= 15 is 0 Å². The van der Waals surface area contributed by atoms with Crippen molar-refractivity contribution < 1.29 is 19.1 Å². The Hall–Kier alpha value is -3.22. The summed E-state index contributed by atoms with van der Waals surface area (Å²) in [7, 11) is 0. The van der Waals surface area contributed by atoms with Gasteiger partial charge in [0.2, 0.25) is 0 Å². The Balaban J connectivity index is 2.31. The highest BCUT2D eigenvalue weighted by Gasteiger charge is 2.23. The van der Waals surface area contributed by atoms with Gasteiger partial charge in [-0.1, -0.05) is 85.9 Å². The predicted molar refractivity (Wildman–Crippen MR) is 164 cm³/mol. The van der Waals surface area contributed by atoms with Crippen molar-refractivity contribution in [1.29, 1.82) is 0 Å². The number of nitrogens with two attached hydrogens (primary N) is 1. The van der Waals surface area contributed by atoms with Gasteiger partial charge in [-0.2, -0.15) is 0 Å². The summed E-state index contributed by atoms with van der Waals surface area (Å²) in [4.78, 5) is 28.3. The van der Waals surface area contributed by atoms with Crippen molar-refractivity contribution in [3.63, 3.8) is 0 Å². The molecule has 218 valence electrons. The molecule has 0 fully saturated rings. The van der Waals surface area contributed by atoms with Crippen LogP contribution in [0, 0.1) is 0 Å². The largest absolute Gasteiger partial charge is 0.461 e. The molecule has 0 aromatic heterocycles. The molecule has 0 aliphatic carbocycles. The van der Waals surface area contributed by atoms with Crippen molar-refractivity contribution in [2.75, 3.05) is 31.2 Å². The van der Waals surface area contributed by atoms with E-state index < -0.39 is 5.97 Å². The van der Waals surface area contributed by atoms with E-state index in [4.69, 9.17) is 15.2 Å².